The summed E-state index contributed by atoms with van der Waals surface area (Å²) in [6.45, 7) is 6.95. The summed E-state index contributed by atoms with van der Waals surface area (Å²) in [5.41, 5.74) is -0.242. The Morgan fingerprint density at radius 2 is 2.38 bits per heavy atom. The number of nitriles is 1. The Hall–Kier alpha value is -0.920. The van der Waals surface area contributed by atoms with Crippen molar-refractivity contribution in [1.82, 2.24) is 10.3 Å². The molecule has 0 saturated heterocycles. The predicted molar refractivity (Wildman–Crippen MR) is 67.2 cm³/mol. The van der Waals surface area contributed by atoms with E-state index in [4.69, 9.17) is 5.26 Å². The van der Waals surface area contributed by atoms with E-state index in [9.17, 15) is 0 Å². The van der Waals surface area contributed by atoms with Crippen molar-refractivity contribution in [2.45, 2.75) is 39.7 Å². The molecule has 0 aromatic carbocycles. The Morgan fingerprint density at radius 3 is 2.88 bits per heavy atom. The molecule has 88 valence electrons. The van der Waals surface area contributed by atoms with Gasteiger partial charge in [-0.2, -0.15) is 5.26 Å². The van der Waals surface area contributed by atoms with Gasteiger partial charge in [-0.1, -0.05) is 6.92 Å². The number of rotatable bonds is 6. The molecule has 1 heterocycles. The molecule has 0 saturated carbocycles. The van der Waals surface area contributed by atoms with Gasteiger partial charge in [0.15, 0.2) is 0 Å². The Morgan fingerprint density at radius 1 is 1.62 bits per heavy atom. The summed E-state index contributed by atoms with van der Waals surface area (Å²) in [6.07, 6.45) is 3.73. The highest BCUT2D eigenvalue weighted by Gasteiger charge is 2.17. The molecule has 1 aromatic heterocycles. The van der Waals surface area contributed by atoms with E-state index in [-0.39, 0.29) is 5.41 Å². The molecule has 0 fully saturated rings. The smallest absolute Gasteiger partial charge is 0.109 e. The minimum atomic E-state index is -0.242. The van der Waals surface area contributed by atoms with E-state index in [1.807, 2.05) is 25.4 Å². The molecule has 1 N–H and O–H groups in total. The molecule has 1 rings (SSSR count). The molecule has 0 aliphatic carbocycles. The highest BCUT2D eigenvalue weighted by atomic mass is 32.1. The van der Waals surface area contributed by atoms with Crippen molar-refractivity contribution in [3.63, 3.8) is 0 Å². The van der Waals surface area contributed by atoms with Gasteiger partial charge in [-0.25, -0.2) is 4.98 Å². The van der Waals surface area contributed by atoms with E-state index >= 15 is 0 Å². The van der Waals surface area contributed by atoms with Gasteiger partial charge in [0.1, 0.15) is 5.01 Å². The first-order valence-electron chi connectivity index (χ1n) is 5.63. The number of hydrogen-bond acceptors (Lipinski definition) is 4. The minimum absolute atomic E-state index is 0.242. The third kappa shape index (κ3) is 3.92. The molecule has 0 radical (unpaired) electrons. The second-order valence-corrected chi connectivity index (χ2v) is 5.46. The lowest BCUT2D eigenvalue weighted by molar-refractivity contribution is 0.405. The third-order valence-corrected chi connectivity index (χ3v) is 3.49. The fourth-order valence-electron chi connectivity index (χ4n) is 1.43. The van der Waals surface area contributed by atoms with Crippen LogP contribution in [0.25, 0.3) is 0 Å². The van der Waals surface area contributed by atoms with E-state index in [2.05, 4.69) is 23.3 Å². The van der Waals surface area contributed by atoms with Crippen LogP contribution in [0.2, 0.25) is 0 Å². The second kappa shape index (κ2) is 5.97. The van der Waals surface area contributed by atoms with E-state index in [1.165, 1.54) is 0 Å². The maximum atomic E-state index is 8.91. The molecule has 0 bridgehead atoms. The number of hydrogen-bond donors (Lipinski definition) is 1. The van der Waals surface area contributed by atoms with Gasteiger partial charge in [0.2, 0.25) is 0 Å². The van der Waals surface area contributed by atoms with Crippen molar-refractivity contribution in [3.8, 4) is 6.07 Å². The molecule has 1 atom stereocenters. The maximum Gasteiger partial charge on any atom is 0.109 e. The molecule has 1 unspecified atom stereocenters. The van der Waals surface area contributed by atoms with E-state index in [0.29, 0.717) is 6.04 Å². The zero-order chi connectivity index (χ0) is 12.0. The number of nitrogens with zero attached hydrogens (tertiary/aromatic N) is 2. The summed E-state index contributed by atoms with van der Waals surface area (Å²) < 4.78 is 0. The normalized spacial score (nSPS) is 13.4. The van der Waals surface area contributed by atoms with Crippen LogP contribution in [-0.2, 0) is 0 Å². The topological polar surface area (TPSA) is 48.7 Å². The summed E-state index contributed by atoms with van der Waals surface area (Å²) >= 11 is 1.68. The van der Waals surface area contributed by atoms with Crippen LogP contribution in [0.3, 0.4) is 0 Å². The summed E-state index contributed by atoms with van der Waals surface area (Å²) in [5, 5.41) is 15.5. The largest absolute Gasteiger partial charge is 0.308 e. The van der Waals surface area contributed by atoms with Gasteiger partial charge in [-0.3, -0.25) is 0 Å². The van der Waals surface area contributed by atoms with Crippen molar-refractivity contribution in [3.05, 3.63) is 16.6 Å². The van der Waals surface area contributed by atoms with Gasteiger partial charge in [0, 0.05) is 11.6 Å². The quantitative estimate of drug-likeness (QED) is 0.827. The monoisotopic (exact) mass is 237 g/mol. The molecule has 3 nitrogen and oxygen atoms in total. The Bertz CT molecular complexity index is 338. The van der Waals surface area contributed by atoms with Crippen LogP contribution in [0, 0.1) is 16.7 Å². The van der Waals surface area contributed by atoms with Gasteiger partial charge in [0.25, 0.3) is 0 Å². The van der Waals surface area contributed by atoms with Crippen LogP contribution in [0.15, 0.2) is 11.6 Å². The average Bonchev–Trinajstić information content (AvgIpc) is 2.78. The summed E-state index contributed by atoms with van der Waals surface area (Å²) in [4.78, 5) is 4.31. The summed E-state index contributed by atoms with van der Waals surface area (Å²) in [5.74, 6) is 0. The standard InChI is InChI=1S/C12H19N3S/c1-4-10(11-15-7-8-16-11)14-6-5-12(2,3)9-13/h7-8,10,14H,4-6H2,1-3H3. The van der Waals surface area contributed by atoms with E-state index in [1.54, 1.807) is 11.3 Å². The lowest BCUT2D eigenvalue weighted by Crippen LogP contribution is -2.25. The first-order chi connectivity index (χ1) is 7.59. The van der Waals surface area contributed by atoms with E-state index < -0.39 is 0 Å². The molecule has 0 spiro atoms. The van der Waals surface area contributed by atoms with Crippen LogP contribution in [0.1, 0.15) is 44.7 Å². The molecule has 0 aliphatic heterocycles. The molecule has 0 amide bonds. The Labute approximate surface area is 102 Å². The molecule has 0 aliphatic rings. The summed E-state index contributed by atoms with van der Waals surface area (Å²) in [7, 11) is 0. The average molecular weight is 237 g/mol. The fraction of sp³-hybridized carbons (Fsp3) is 0.667. The lowest BCUT2D eigenvalue weighted by atomic mass is 9.91. The van der Waals surface area contributed by atoms with Crippen molar-refractivity contribution < 1.29 is 0 Å². The van der Waals surface area contributed by atoms with Crippen molar-refractivity contribution >= 4 is 11.3 Å². The number of nitrogens with one attached hydrogen (secondary N) is 1. The van der Waals surface area contributed by atoms with Gasteiger partial charge in [-0.05, 0) is 33.2 Å². The summed E-state index contributed by atoms with van der Waals surface area (Å²) in [6, 6.07) is 2.64. The van der Waals surface area contributed by atoms with E-state index in [0.717, 1.165) is 24.4 Å². The zero-order valence-electron chi connectivity index (χ0n) is 10.2. The van der Waals surface area contributed by atoms with Gasteiger partial charge >= 0.3 is 0 Å². The van der Waals surface area contributed by atoms with Crippen LogP contribution < -0.4 is 5.32 Å². The van der Waals surface area contributed by atoms with Gasteiger partial charge in [0.05, 0.1) is 17.5 Å². The highest BCUT2D eigenvalue weighted by Crippen LogP contribution is 2.21. The predicted octanol–water partition coefficient (Wildman–Crippen LogP) is 3.12. The molecular weight excluding hydrogens is 218 g/mol. The SMILES string of the molecule is CCC(NCCC(C)(C)C#N)c1nccs1. The van der Waals surface area contributed by atoms with Gasteiger partial charge < -0.3 is 5.32 Å². The van der Waals surface area contributed by atoms with Crippen molar-refractivity contribution in [1.29, 1.82) is 5.26 Å². The lowest BCUT2D eigenvalue weighted by Gasteiger charge is -2.19. The van der Waals surface area contributed by atoms with Crippen molar-refractivity contribution in [2.24, 2.45) is 5.41 Å². The first kappa shape index (κ1) is 13.1. The fourth-order valence-corrected chi connectivity index (χ4v) is 2.22. The molecule has 16 heavy (non-hydrogen) atoms. The first-order valence-corrected chi connectivity index (χ1v) is 6.51. The maximum absolute atomic E-state index is 8.91. The van der Waals surface area contributed by atoms with Crippen LogP contribution in [0.4, 0.5) is 0 Å². The Balaban J connectivity index is 2.40. The van der Waals surface area contributed by atoms with Gasteiger partial charge in [-0.15, -0.1) is 11.3 Å². The number of aromatic nitrogens is 1. The highest BCUT2D eigenvalue weighted by molar-refractivity contribution is 7.09. The molecule has 1 aromatic rings. The minimum Gasteiger partial charge on any atom is -0.308 e. The third-order valence-electron chi connectivity index (χ3n) is 2.60. The molecular formula is C12H19N3S. The number of thiazole rings is 1. The molecule has 4 heteroatoms. The zero-order valence-corrected chi connectivity index (χ0v) is 11.0. The Kier molecular flexibility index (Phi) is 4.91. The van der Waals surface area contributed by atoms with Crippen LogP contribution in [0.5, 0.6) is 0 Å². The van der Waals surface area contributed by atoms with Crippen molar-refractivity contribution in [2.75, 3.05) is 6.54 Å². The van der Waals surface area contributed by atoms with Crippen LogP contribution >= 0.6 is 11.3 Å². The van der Waals surface area contributed by atoms with Crippen LogP contribution in [-0.4, -0.2) is 11.5 Å². The second-order valence-electron chi connectivity index (χ2n) is 4.53.